The maximum Gasteiger partial charge on any atom is 0.308 e. The molecule has 0 aromatic heterocycles. The van der Waals surface area contributed by atoms with Crippen LogP contribution in [0.5, 0.6) is 0 Å². The first kappa shape index (κ1) is 9.98. The molecular weight excluding hydrogens is 176 g/mol. The molecule has 0 aromatic rings. The summed E-state index contributed by atoms with van der Waals surface area (Å²) in [5.41, 5.74) is 0. The Bertz CT molecular complexity index is 225. The summed E-state index contributed by atoms with van der Waals surface area (Å²) >= 11 is 0. The van der Waals surface area contributed by atoms with Gasteiger partial charge in [-0.2, -0.15) is 0 Å². The van der Waals surface area contributed by atoms with Gasteiger partial charge in [-0.15, -0.1) is 0 Å². The van der Waals surface area contributed by atoms with Gasteiger partial charge in [0.15, 0.2) is 6.61 Å². The lowest BCUT2D eigenvalue weighted by Crippen LogP contribution is -2.43. The maximum absolute atomic E-state index is 10.8. The van der Waals surface area contributed by atoms with Crippen LogP contribution in [0.2, 0.25) is 0 Å². The number of cyclic esters (lactones) is 1. The molecule has 0 unspecified atom stereocenters. The van der Waals surface area contributed by atoms with Crippen LogP contribution in [0.1, 0.15) is 26.2 Å². The molecule has 1 N–H and O–H groups in total. The van der Waals surface area contributed by atoms with Crippen LogP contribution in [0.25, 0.3) is 0 Å². The van der Waals surface area contributed by atoms with Gasteiger partial charge >= 0.3 is 11.9 Å². The van der Waals surface area contributed by atoms with E-state index < -0.39 is 17.7 Å². The van der Waals surface area contributed by atoms with E-state index >= 15 is 0 Å². The monoisotopic (exact) mass is 188 g/mol. The van der Waals surface area contributed by atoms with Gasteiger partial charge < -0.3 is 14.6 Å². The molecule has 1 fully saturated rings. The normalized spacial score (nSPS) is 28.0. The van der Waals surface area contributed by atoms with Crippen molar-refractivity contribution < 1.29 is 24.2 Å². The first-order valence-corrected chi connectivity index (χ1v) is 4.09. The number of aliphatic hydroxyl groups is 1. The van der Waals surface area contributed by atoms with E-state index in [0.29, 0.717) is 19.3 Å². The van der Waals surface area contributed by atoms with Crippen LogP contribution in [-0.4, -0.2) is 29.4 Å². The largest absolute Gasteiger partial charge is 0.459 e. The van der Waals surface area contributed by atoms with Crippen LogP contribution < -0.4 is 0 Å². The predicted molar refractivity (Wildman–Crippen MR) is 41.5 cm³/mol. The minimum absolute atomic E-state index is 0.284. The van der Waals surface area contributed by atoms with Crippen molar-refractivity contribution in [1.82, 2.24) is 0 Å². The Balaban J connectivity index is 2.44. The zero-order valence-corrected chi connectivity index (χ0v) is 7.41. The van der Waals surface area contributed by atoms with Gasteiger partial charge in [0, 0.05) is 19.8 Å². The molecule has 5 heteroatoms. The van der Waals surface area contributed by atoms with Gasteiger partial charge in [-0.25, -0.2) is 0 Å². The van der Waals surface area contributed by atoms with E-state index in [-0.39, 0.29) is 6.61 Å². The summed E-state index contributed by atoms with van der Waals surface area (Å²) in [6.45, 7) is 0.947. The summed E-state index contributed by atoms with van der Waals surface area (Å²) in [5.74, 6) is -2.57. The van der Waals surface area contributed by atoms with Gasteiger partial charge in [0.25, 0.3) is 0 Å². The summed E-state index contributed by atoms with van der Waals surface area (Å²) < 4.78 is 9.23. The predicted octanol–water partition coefficient (Wildman–Crippen LogP) is -0.0348. The number of carbonyl (C=O) groups excluding carboxylic acids is 2. The van der Waals surface area contributed by atoms with Crippen molar-refractivity contribution in [1.29, 1.82) is 0 Å². The average molecular weight is 188 g/mol. The summed E-state index contributed by atoms with van der Waals surface area (Å²) in [7, 11) is 0. The number of hydrogen-bond acceptors (Lipinski definition) is 5. The number of carbonyl (C=O) groups is 2. The number of hydrogen-bond donors (Lipinski definition) is 1. The number of esters is 2. The molecule has 0 spiro atoms. The molecule has 5 nitrogen and oxygen atoms in total. The van der Waals surface area contributed by atoms with Crippen LogP contribution in [0.3, 0.4) is 0 Å². The highest BCUT2D eigenvalue weighted by Crippen LogP contribution is 2.23. The lowest BCUT2D eigenvalue weighted by molar-refractivity contribution is -0.240. The van der Waals surface area contributed by atoms with Gasteiger partial charge in [-0.3, -0.25) is 9.59 Å². The van der Waals surface area contributed by atoms with Crippen LogP contribution >= 0.6 is 0 Å². The third kappa shape index (κ3) is 3.02. The van der Waals surface area contributed by atoms with Crippen molar-refractivity contribution in [2.75, 3.05) is 6.61 Å². The van der Waals surface area contributed by atoms with Crippen molar-refractivity contribution in [3.63, 3.8) is 0 Å². The molecule has 0 saturated carbocycles. The van der Waals surface area contributed by atoms with Gasteiger partial charge in [-0.05, 0) is 6.42 Å². The molecule has 1 rings (SSSR count). The fourth-order valence-electron chi connectivity index (χ4n) is 1.14. The number of ether oxygens (including phenoxy) is 2. The first-order valence-electron chi connectivity index (χ1n) is 4.09. The van der Waals surface area contributed by atoms with Crippen molar-refractivity contribution in [2.45, 2.75) is 32.0 Å². The summed E-state index contributed by atoms with van der Waals surface area (Å²) in [5, 5.41) is 9.57. The first-order chi connectivity index (χ1) is 6.02. The molecule has 1 aliphatic rings. The molecular formula is C8H12O5. The van der Waals surface area contributed by atoms with E-state index in [1.165, 1.54) is 6.92 Å². The van der Waals surface area contributed by atoms with E-state index in [0.717, 1.165) is 0 Å². The second kappa shape index (κ2) is 3.74. The Morgan fingerprint density at radius 1 is 1.77 bits per heavy atom. The van der Waals surface area contributed by atoms with Gasteiger partial charge in [0.05, 0.1) is 0 Å². The second-order valence-electron chi connectivity index (χ2n) is 3.05. The third-order valence-corrected chi connectivity index (χ3v) is 1.75. The van der Waals surface area contributed by atoms with Gasteiger partial charge in [-0.1, -0.05) is 0 Å². The smallest absolute Gasteiger partial charge is 0.308 e. The molecule has 0 aliphatic carbocycles. The zero-order chi connectivity index (χ0) is 9.90. The second-order valence-corrected chi connectivity index (χ2v) is 3.05. The lowest BCUT2D eigenvalue weighted by Gasteiger charge is -2.30. The van der Waals surface area contributed by atoms with Crippen LogP contribution in [0.15, 0.2) is 0 Å². The molecule has 74 valence electrons. The highest BCUT2D eigenvalue weighted by molar-refractivity contribution is 5.70. The fourth-order valence-corrected chi connectivity index (χ4v) is 1.14. The van der Waals surface area contributed by atoms with Crippen molar-refractivity contribution >= 4 is 11.9 Å². The van der Waals surface area contributed by atoms with Gasteiger partial charge in [0.1, 0.15) is 0 Å². The van der Waals surface area contributed by atoms with Crippen molar-refractivity contribution in [2.24, 2.45) is 0 Å². The quantitative estimate of drug-likeness (QED) is 0.616. The average Bonchev–Trinajstić information content (AvgIpc) is 2.01. The van der Waals surface area contributed by atoms with Crippen molar-refractivity contribution in [3.8, 4) is 0 Å². The molecule has 1 heterocycles. The highest BCUT2D eigenvalue weighted by atomic mass is 16.7. The molecule has 0 aromatic carbocycles. The standard InChI is InChI=1S/C8H12O5/c1-6(9)12-5-8(11)4-2-3-7(10)13-8/h11H,2-5H2,1H3/t8-/m0/s1. The molecule has 1 atom stereocenters. The summed E-state index contributed by atoms with van der Waals surface area (Å²) in [6.07, 6.45) is 1.17. The Morgan fingerprint density at radius 2 is 2.46 bits per heavy atom. The van der Waals surface area contributed by atoms with E-state index in [1.54, 1.807) is 0 Å². The minimum Gasteiger partial charge on any atom is -0.459 e. The Morgan fingerprint density at radius 3 is 3.00 bits per heavy atom. The fraction of sp³-hybridized carbons (Fsp3) is 0.750. The lowest BCUT2D eigenvalue weighted by atomic mass is 10.1. The number of rotatable bonds is 2. The van der Waals surface area contributed by atoms with Crippen molar-refractivity contribution in [3.05, 3.63) is 0 Å². The molecule has 0 bridgehead atoms. The maximum atomic E-state index is 10.8. The summed E-state index contributed by atoms with van der Waals surface area (Å²) in [6, 6.07) is 0. The zero-order valence-electron chi connectivity index (χ0n) is 7.41. The SMILES string of the molecule is CC(=O)OC[C@]1(O)CCCC(=O)O1. The van der Waals surface area contributed by atoms with Gasteiger partial charge in [0.2, 0.25) is 5.79 Å². The molecule has 1 aliphatic heterocycles. The van der Waals surface area contributed by atoms with E-state index in [2.05, 4.69) is 9.47 Å². The molecule has 13 heavy (non-hydrogen) atoms. The minimum atomic E-state index is -1.61. The van der Waals surface area contributed by atoms with Crippen LogP contribution in [0.4, 0.5) is 0 Å². The third-order valence-electron chi connectivity index (χ3n) is 1.75. The molecule has 1 saturated heterocycles. The summed E-state index contributed by atoms with van der Waals surface area (Å²) in [4.78, 5) is 21.2. The van der Waals surface area contributed by atoms with E-state index in [1.807, 2.05) is 0 Å². The highest BCUT2D eigenvalue weighted by Gasteiger charge is 2.36. The molecule has 0 radical (unpaired) electrons. The Hall–Kier alpha value is -1.10. The molecule has 0 amide bonds. The van der Waals surface area contributed by atoms with E-state index in [4.69, 9.17) is 0 Å². The Kier molecular flexibility index (Phi) is 2.87. The Labute approximate surface area is 75.6 Å². The van der Waals surface area contributed by atoms with Crippen LogP contribution in [0, 0.1) is 0 Å². The van der Waals surface area contributed by atoms with E-state index in [9.17, 15) is 14.7 Å². The van der Waals surface area contributed by atoms with Crippen LogP contribution in [-0.2, 0) is 19.1 Å². The topological polar surface area (TPSA) is 72.8 Å².